The Bertz CT molecular complexity index is 1110. The fraction of sp³-hybridized carbons (Fsp3) is 0.391. The summed E-state index contributed by atoms with van der Waals surface area (Å²) in [4.78, 5) is 35.7. The molecule has 0 radical (unpaired) electrons. The monoisotopic (exact) mass is 403 g/mol. The molecule has 0 atom stereocenters. The van der Waals surface area contributed by atoms with Gasteiger partial charge >= 0.3 is 5.97 Å². The number of ether oxygens (including phenoxy) is 2. The molecule has 1 aromatic carbocycles. The summed E-state index contributed by atoms with van der Waals surface area (Å²) in [6, 6.07) is 10.4. The average molecular weight is 403 g/mol. The first-order chi connectivity index (χ1) is 14.5. The Morgan fingerprint density at radius 3 is 2.40 bits per heavy atom. The number of esters is 1. The second-order valence-electron chi connectivity index (χ2n) is 8.66. The lowest BCUT2D eigenvalue weighted by atomic mass is 9.84. The van der Waals surface area contributed by atoms with E-state index < -0.39 is 11.2 Å². The quantitative estimate of drug-likeness (QED) is 0.628. The fourth-order valence-corrected chi connectivity index (χ4v) is 5.19. The number of carbonyl (C=O) groups is 2. The molecule has 1 saturated heterocycles. The van der Waals surface area contributed by atoms with E-state index in [1.807, 2.05) is 42.2 Å². The van der Waals surface area contributed by atoms with Crippen LogP contribution in [0, 0.1) is 6.92 Å². The van der Waals surface area contributed by atoms with Gasteiger partial charge in [-0.2, -0.15) is 4.99 Å². The zero-order chi connectivity index (χ0) is 20.5. The van der Waals surface area contributed by atoms with Crippen LogP contribution in [0.1, 0.15) is 45.6 Å². The van der Waals surface area contributed by atoms with E-state index in [0.717, 1.165) is 22.4 Å². The lowest BCUT2D eigenvalue weighted by molar-refractivity contribution is -0.130. The predicted octanol–water partition coefficient (Wildman–Crippen LogP) is 2.30. The van der Waals surface area contributed by atoms with Crippen molar-refractivity contribution in [2.75, 3.05) is 13.1 Å². The van der Waals surface area contributed by atoms with E-state index >= 15 is 0 Å². The number of fused-ring (bicyclic) bond motifs is 3. The zero-order valence-corrected chi connectivity index (χ0v) is 16.7. The van der Waals surface area contributed by atoms with Gasteiger partial charge in [-0.1, -0.05) is 24.3 Å². The summed E-state index contributed by atoms with van der Waals surface area (Å²) in [6.45, 7) is 3.12. The standard InChI is InChI=1S/C23H21N3O4/c1-14-10-18-17(13-24-14)19(27)29-22(18)6-8-26(9-7-22)21-25-20(28)23(30-21)11-15-4-2-3-5-16(15)12-23/h2-5,10,13H,6-9,11-12H2,1H3. The fourth-order valence-electron chi connectivity index (χ4n) is 5.19. The number of amidine groups is 1. The van der Waals surface area contributed by atoms with Gasteiger partial charge in [-0.25, -0.2) is 4.79 Å². The molecular formula is C23H21N3O4. The molecular weight excluding hydrogens is 382 g/mol. The summed E-state index contributed by atoms with van der Waals surface area (Å²) in [5.74, 6) is -0.508. The SMILES string of the molecule is Cc1cc2c(cn1)C(=O)OC21CCN(C2=NC(=O)C3(Cc4ccccc4C3)O2)CC1. The van der Waals surface area contributed by atoms with Crippen molar-refractivity contribution in [3.8, 4) is 0 Å². The van der Waals surface area contributed by atoms with Crippen molar-refractivity contribution in [2.24, 2.45) is 4.99 Å². The minimum atomic E-state index is -0.899. The van der Waals surface area contributed by atoms with Crippen molar-refractivity contribution < 1.29 is 19.1 Å². The highest BCUT2D eigenvalue weighted by Crippen LogP contribution is 2.45. The largest absolute Gasteiger partial charge is 0.450 e. The average Bonchev–Trinajstić information content (AvgIpc) is 3.35. The van der Waals surface area contributed by atoms with E-state index in [0.29, 0.717) is 50.4 Å². The van der Waals surface area contributed by atoms with Gasteiger partial charge in [0, 0.05) is 56.2 Å². The van der Waals surface area contributed by atoms with Crippen LogP contribution in [0.15, 0.2) is 41.5 Å². The van der Waals surface area contributed by atoms with Crippen LogP contribution < -0.4 is 0 Å². The lowest BCUT2D eigenvalue weighted by Crippen LogP contribution is -2.47. The molecule has 2 spiro atoms. The number of pyridine rings is 1. The first-order valence-corrected chi connectivity index (χ1v) is 10.3. The molecule has 3 aliphatic heterocycles. The Morgan fingerprint density at radius 2 is 1.70 bits per heavy atom. The molecule has 7 heteroatoms. The highest BCUT2D eigenvalue weighted by molar-refractivity contribution is 6.02. The Hall–Kier alpha value is -3.22. The minimum absolute atomic E-state index is 0.201. The van der Waals surface area contributed by atoms with E-state index in [-0.39, 0.29) is 11.9 Å². The Labute approximate surface area is 173 Å². The van der Waals surface area contributed by atoms with Crippen LogP contribution in [0.4, 0.5) is 0 Å². The maximum atomic E-state index is 12.8. The molecule has 0 unspecified atom stereocenters. The molecule has 7 nitrogen and oxygen atoms in total. The van der Waals surface area contributed by atoms with Gasteiger partial charge in [0.25, 0.3) is 11.9 Å². The number of aromatic nitrogens is 1. The third-order valence-electron chi connectivity index (χ3n) is 6.83. The van der Waals surface area contributed by atoms with Gasteiger partial charge in [0.05, 0.1) is 5.56 Å². The molecule has 0 bridgehead atoms. The highest BCUT2D eigenvalue weighted by atomic mass is 16.6. The molecule has 0 N–H and O–H groups in total. The van der Waals surface area contributed by atoms with Crippen LogP contribution in [0.5, 0.6) is 0 Å². The van der Waals surface area contributed by atoms with E-state index in [1.54, 1.807) is 6.20 Å². The normalized spacial score (nSPS) is 22.7. The summed E-state index contributed by atoms with van der Waals surface area (Å²) in [5.41, 5.74) is 3.13. The van der Waals surface area contributed by atoms with Gasteiger partial charge in [0.1, 0.15) is 5.60 Å². The predicted molar refractivity (Wildman–Crippen MR) is 107 cm³/mol. The van der Waals surface area contributed by atoms with Crippen LogP contribution in [0.2, 0.25) is 0 Å². The Kier molecular flexibility index (Phi) is 3.47. The number of rotatable bonds is 0. The molecule has 1 amide bonds. The maximum absolute atomic E-state index is 12.8. The number of benzene rings is 1. The van der Waals surface area contributed by atoms with Crippen molar-refractivity contribution >= 4 is 17.9 Å². The Balaban J connectivity index is 1.20. The van der Waals surface area contributed by atoms with Gasteiger partial charge in [0.15, 0.2) is 0 Å². The summed E-state index contributed by atoms with van der Waals surface area (Å²) in [7, 11) is 0. The summed E-state index contributed by atoms with van der Waals surface area (Å²) in [6.07, 6.45) is 3.98. The molecule has 2 aromatic rings. The zero-order valence-electron chi connectivity index (χ0n) is 16.7. The van der Waals surface area contributed by atoms with Crippen molar-refractivity contribution in [1.82, 2.24) is 9.88 Å². The topological polar surface area (TPSA) is 81.1 Å². The Morgan fingerprint density at radius 1 is 1.00 bits per heavy atom. The molecule has 1 aliphatic carbocycles. The number of aliphatic imine (C=N–C) groups is 1. The smallest absolute Gasteiger partial charge is 0.341 e. The van der Waals surface area contributed by atoms with Crippen LogP contribution in [-0.4, -0.2) is 46.5 Å². The molecule has 4 heterocycles. The number of hydrogen-bond acceptors (Lipinski definition) is 6. The number of carbonyl (C=O) groups excluding carboxylic acids is 2. The van der Waals surface area contributed by atoms with Crippen molar-refractivity contribution in [1.29, 1.82) is 0 Å². The third kappa shape index (κ3) is 2.38. The third-order valence-corrected chi connectivity index (χ3v) is 6.83. The van der Waals surface area contributed by atoms with Crippen LogP contribution in [0.3, 0.4) is 0 Å². The number of piperidine rings is 1. The first kappa shape index (κ1) is 17.6. The summed E-state index contributed by atoms with van der Waals surface area (Å²) in [5, 5.41) is 0. The number of nitrogens with zero attached hydrogens (tertiary/aromatic N) is 3. The molecule has 1 fully saturated rings. The van der Waals surface area contributed by atoms with Gasteiger partial charge < -0.3 is 14.4 Å². The highest BCUT2D eigenvalue weighted by Gasteiger charge is 2.53. The van der Waals surface area contributed by atoms with E-state index in [1.165, 1.54) is 0 Å². The molecule has 0 saturated carbocycles. The number of amides is 1. The van der Waals surface area contributed by atoms with E-state index in [2.05, 4.69) is 9.98 Å². The van der Waals surface area contributed by atoms with Crippen molar-refractivity contribution in [3.05, 3.63) is 64.5 Å². The van der Waals surface area contributed by atoms with E-state index in [9.17, 15) is 9.59 Å². The molecule has 4 aliphatic rings. The van der Waals surface area contributed by atoms with Crippen molar-refractivity contribution in [3.63, 3.8) is 0 Å². The van der Waals surface area contributed by atoms with Crippen molar-refractivity contribution in [2.45, 2.75) is 43.8 Å². The summed E-state index contributed by atoms with van der Waals surface area (Å²) >= 11 is 0. The van der Waals surface area contributed by atoms with Crippen LogP contribution in [0.25, 0.3) is 0 Å². The second kappa shape index (κ2) is 5.90. The van der Waals surface area contributed by atoms with Gasteiger partial charge in [0.2, 0.25) is 5.60 Å². The van der Waals surface area contributed by atoms with Gasteiger partial charge in [-0.05, 0) is 24.1 Å². The molecule has 152 valence electrons. The van der Waals surface area contributed by atoms with Crippen LogP contribution in [-0.2, 0) is 32.7 Å². The van der Waals surface area contributed by atoms with Crippen LogP contribution >= 0.6 is 0 Å². The number of likely N-dealkylation sites (tertiary alicyclic amines) is 1. The first-order valence-electron chi connectivity index (χ1n) is 10.3. The van der Waals surface area contributed by atoms with E-state index in [4.69, 9.17) is 9.47 Å². The number of aryl methyl sites for hydroxylation is 1. The molecule has 6 rings (SSSR count). The molecule has 30 heavy (non-hydrogen) atoms. The second-order valence-corrected chi connectivity index (χ2v) is 8.66. The van der Waals surface area contributed by atoms with Gasteiger partial charge in [-0.3, -0.25) is 9.78 Å². The maximum Gasteiger partial charge on any atom is 0.341 e. The van der Waals surface area contributed by atoms with Gasteiger partial charge in [-0.15, -0.1) is 0 Å². The number of hydrogen-bond donors (Lipinski definition) is 0. The molecule has 1 aromatic heterocycles. The lowest BCUT2D eigenvalue weighted by Gasteiger charge is -2.39. The minimum Gasteiger partial charge on any atom is -0.450 e. The summed E-state index contributed by atoms with van der Waals surface area (Å²) < 4.78 is 12.0.